The number of aromatic nitrogens is 2. The third kappa shape index (κ3) is 3.21. The molecule has 21 heavy (non-hydrogen) atoms. The molecule has 0 bridgehead atoms. The standard InChI is InChI=1S/C15H14BrN3O2/c16-13-5-2-1-4-12(13)14(20)19-9-6-11(10-19)21-15-17-7-3-8-18-15/h1-5,7-8,11H,6,9-10H2/t11-/m1/s1. The second-order valence-corrected chi connectivity index (χ2v) is 5.65. The zero-order valence-corrected chi connectivity index (χ0v) is 12.9. The molecule has 1 aromatic carbocycles. The van der Waals surface area contributed by atoms with Crippen molar-refractivity contribution in [2.45, 2.75) is 12.5 Å². The van der Waals surface area contributed by atoms with E-state index in [0.29, 0.717) is 24.7 Å². The average Bonchev–Trinajstić information content (AvgIpc) is 2.97. The number of hydrogen-bond acceptors (Lipinski definition) is 4. The Labute approximate surface area is 131 Å². The molecule has 1 atom stereocenters. The minimum atomic E-state index is -0.0566. The van der Waals surface area contributed by atoms with Crippen LogP contribution < -0.4 is 4.74 Å². The Hall–Kier alpha value is -1.95. The molecule has 1 aliphatic heterocycles. The van der Waals surface area contributed by atoms with Crippen LogP contribution in [0.2, 0.25) is 0 Å². The Balaban J connectivity index is 1.65. The van der Waals surface area contributed by atoms with Crippen molar-refractivity contribution >= 4 is 21.8 Å². The summed E-state index contributed by atoms with van der Waals surface area (Å²) in [5.74, 6) is 0.0163. The molecule has 1 saturated heterocycles. The van der Waals surface area contributed by atoms with Crippen molar-refractivity contribution in [1.29, 1.82) is 0 Å². The average molecular weight is 348 g/mol. The molecule has 1 fully saturated rings. The van der Waals surface area contributed by atoms with E-state index in [-0.39, 0.29) is 12.0 Å². The topological polar surface area (TPSA) is 55.3 Å². The summed E-state index contributed by atoms with van der Waals surface area (Å²) in [5, 5.41) is 0. The summed E-state index contributed by atoms with van der Waals surface area (Å²) in [4.78, 5) is 22.4. The van der Waals surface area contributed by atoms with Crippen molar-refractivity contribution in [3.8, 4) is 6.01 Å². The van der Waals surface area contributed by atoms with Gasteiger partial charge in [0.05, 0.1) is 12.1 Å². The van der Waals surface area contributed by atoms with E-state index in [9.17, 15) is 4.79 Å². The number of halogens is 1. The fraction of sp³-hybridized carbons (Fsp3) is 0.267. The first-order valence-corrected chi connectivity index (χ1v) is 7.51. The highest BCUT2D eigenvalue weighted by molar-refractivity contribution is 9.10. The smallest absolute Gasteiger partial charge is 0.316 e. The third-order valence-corrected chi connectivity index (χ3v) is 4.04. The number of rotatable bonds is 3. The molecule has 5 nitrogen and oxygen atoms in total. The van der Waals surface area contributed by atoms with Gasteiger partial charge in [-0.05, 0) is 34.1 Å². The van der Waals surface area contributed by atoms with Gasteiger partial charge in [0.15, 0.2) is 0 Å². The van der Waals surface area contributed by atoms with Crippen molar-refractivity contribution in [3.63, 3.8) is 0 Å². The Kier molecular flexibility index (Phi) is 4.15. The molecule has 6 heteroatoms. The van der Waals surface area contributed by atoms with Crippen molar-refractivity contribution in [3.05, 3.63) is 52.8 Å². The van der Waals surface area contributed by atoms with Crippen LogP contribution in [-0.4, -0.2) is 40.0 Å². The summed E-state index contributed by atoms with van der Waals surface area (Å²) in [5.41, 5.74) is 0.675. The largest absolute Gasteiger partial charge is 0.458 e. The molecular formula is C15H14BrN3O2. The van der Waals surface area contributed by atoms with Gasteiger partial charge in [-0.3, -0.25) is 4.79 Å². The van der Waals surface area contributed by atoms with E-state index in [1.165, 1.54) is 0 Å². The van der Waals surface area contributed by atoms with E-state index in [1.807, 2.05) is 24.3 Å². The maximum absolute atomic E-state index is 12.5. The highest BCUT2D eigenvalue weighted by Crippen LogP contribution is 2.21. The number of amides is 1. The van der Waals surface area contributed by atoms with Gasteiger partial charge in [0, 0.05) is 29.8 Å². The van der Waals surface area contributed by atoms with Crippen molar-refractivity contribution in [2.75, 3.05) is 13.1 Å². The lowest BCUT2D eigenvalue weighted by Crippen LogP contribution is -2.31. The number of carbonyl (C=O) groups excluding carboxylic acids is 1. The van der Waals surface area contributed by atoms with Crippen LogP contribution >= 0.6 is 15.9 Å². The number of benzene rings is 1. The summed E-state index contributed by atoms with van der Waals surface area (Å²) < 4.78 is 6.50. The van der Waals surface area contributed by atoms with Gasteiger partial charge in [-0.2, -0.15) is 0 Å². The van der Waals surface area contributed by atoms with Gasteiger partial charge >= 0.3 is 6.01 Å². The van der Waals surface area contributed by atoms with E-state index in [2.05, 4.69) is 25.9 Å². The van der Waals surface area contributed by atoms with Crippen LogP contribution in [0.3, 0.4) is 0 Å². The molecule has 0 aliphatic carbocycles. The van der Waals surface area contributed by atoms with Crippen LogP contribution in [0.1, 0.15) is 16.8 Å². The molecule has 0 radical (unpaired) electrons. The quantitative estimate of drug-likeness (QED) is 0.855. The molecule has 0 spiro atoms. The van der Waals surface area contributed by atoms with Gasteiger partial charge < -0.3 is 9.64 Å². The van der Waals surface area contributed by atoms with E-state index in [1.54, 1.807) is 23.4 Å². The normalized spacial score (nSPS) is 17.8. The molecular weight excluding hydrogens is 334 g/mol. The van der Waals surface area contributed by atoms with Crippen LogP contribution in [0, 0.1) is 0 Å². The lowest BCUT2D eigenvalue weighted by molar-refractivity contribution is 0.0769. The van der Waals surface area contributed by atoms with Crippen molar-refractivity contribution in [2.24, 2.45) is 0 Å². The van der Waals surface area contributed by atoms with Gasteiger partial charge in [-0.1, -0.05) is 12.1 Å². The molecule has 1 amide bonds. The Morgan fingerprint density at radius 1 is 1.24 bits per heavy atom. The van der Waals surface area contributed by atoms with Crippen LogP contribution in [0.4, 0.5) is 0 Å². The fourth-order valence-corrected chi connectivity index (χ4v) is 2.76. The molecule has 1 aromatic heterocycles. The Bertz CT molecular complexity index is 636. The second kappa shape index (κ2) is 6.22. The highest BCUT2D eigenvalue weighted by Gasteiger charge is 2.29. The summed E-state index contributed by atoms with van der Waals surface area (Å²) in [6.07, 6.45) is 4.01. The summed E-state index contributed by atoms with van der Waals surface area (Å²) in [7, 11) is 0. The summed E-state index contributed by atoms with van der Waals surface area (Å²) in [6, 6.07) is 9.54. The minimum absolute atomic E-state index is 0.0163. The van der Waals surface area contributed by atoms with E-state index < -0.39 is 0 Å². The molecule has 0 N–H and O–H groups in total. The van der Waals surface area contributed by atoms with Crippen molar-refractivity contribution in [1.82, 2.24) is 14.9 Å². The highest BCUT2D eigenvalue weighted by atomic mass is 79.9. The van der Waals surface area contributed by atoms with Gasteiger partial charge in [0.1, 0.15) is 6.10 Å². The molecule has 0 unspecified atom stereocenters. The molecule has 2 aromatic rings. The Morgan fingerprint density at radius 3 is 2.76 bits per heavy atom. The summed E-state index contributed by atoms with van der Waals surface area (Å²) in [6.45, 7) is 1.23. The zero-order chi connectivity index (χ0) is 14.7. The maximum atomic E-state index is 12.5. The van der Waals surface area contributed by atoms with Crippen LogP contribution in [-0.2, 0) is 0 Å². The van der Waals surface area contributed by atoms with E-state index >= 15 is 0 Å². The monoisotopic (exact) mass is 347 g/mol. The number of carbonyl (C=O) groups is 1. The second-order valence-electron chi connectivity index (χ2n) is 4.79. The van der Waals surface area contributed by atoms with Crippen LogP contribution in [0.5, 0.6) is 6.01 Å². The first-order chi connectivity index (χ1) is 10.2. The lowest BCUT2D eigenvalue weighted by atomic mass is 10.2. The Morgan fingerprint density at radius 2 is 2.00 bits per heavy atom. The first-order valence-electron chi connectivity index (χ1n) is 6.71. The van der Waals surface area contributed by atoms with Gasteiger partial charge in [0.25, 0.3) is 5.91 Å². The van der Waals surface area contributed by atoms with Crippen LogP contribution in [0.15, 0.2) is 47.2 Å². The zero-order valence-electron chi connectivity index (χ0n) is 11.3. The van der Waals surface area contributed by atoms with Crippen LogP contribution in [0.25, 0.3) is 0 Å². The van der Waals surface area contributed by atoms with Gasteiger partial charge in [-0.25, -0.2) is 9.97 Å². The SMILES string of the molecule is O=C(c1ccccc1Br)N1CC[C@@H](Oc2ncccn2)C1. The number of hydrogen-bond donors (Lipinski definition) is 0. The third-order valence-electron chi connectivity index (χ3n) is 3.35. The van der Waals surface area contributed by atoms with Crippen molar-refractivity contribution < 1.29 is 9.53 Å². The van der Waals surface area contributed by atoms with Gasteiger partial charge in [0.2, 0.25) is 0 Å². The number of likely N-dealkylation sites (tertiary alicyclic amines) is 1. The fourth-order valence-electron chi connectivity index (χ4n) is 2.31. The lowest BCUT2D eigenvalue weighted by Gasteiger charge is -2.17. The minimum Gasteiger partial charge on any atom is -0.458 e. The first kappa shape index (κ1) is 14.0. The summed E-state index contributed by atoms with van der Waals surface area (Å²) >= 11 is 3.41. The van der Waals surface area contributed by atoms with E-state index in [4.69, 9.17) is 4.74 Å². The molecule has 0 saturated carbocycles. The molecule has 1 aliphatic rings. The maximum Gasteiger partial charge on any atom is 0.316 e. The number of ether oxygens (including phenoxy) is 1. The predicted octanol–water partition coefficient (Wildman–Crippen LogP) is 2.53. The molecule has 3 rings (SSSR count). The predicted molar refractivity (Wildman–Crippen MR) is 81.1 cm³/mol. The molecule has 2 heterocycles. The molecule has 108 valence electrons. The van der Waals surface area contributed by atoms with E-state index in [0.717, 1.165) is 10.9 Å². The van der Waals surface area contributed by atoms with Gasteiger partial charge in [-0.15, -0.1) is 0 Å². The number of nitrogens with zero attached hydrogens (tertiary/aromatic N) is 3.